The third-order valence-corrected chi connectivity index (χ3v) is 4.19. The van der Waals surface area contributed by atoms with Gasteiger partial charge in [-0.15, -0.1) is 0 Å². The van der Waals surface area contributed by atoms with Crippen molar-refractivity contribution in [1.29, 1.82) is 0 Å². The summed E-state index contributed by atoms with van der Waals surface area (Å²) in [7, 11) is -3.68. The highest BCUT2D eigenvalue weighted by Gasteiger charge is 2.15. The number of rotatable bonds is 3. The highest BCUT2D eigenvalue weighted by molar-refractivity contribution is 9.10. The molecule has 1 aromatic heterocycles. The molecule has 0 saturated heterocycles. The topological polar surface area (TPSA) is 98.0 Å². The maximum absolute atomic E-state index is 12.0. The van der Waals surface area contributed by atoms with E-state index in [2.05, 4.69) is 30.6 Å². The quantitative estimate of drug-likeness (QED) is 0.834. The molecule has 0 saturated carbocycles. The molecule has 1 heterocycles. The van der Waals surface area contributed by atoms with Crippen molar-refractivity contribution in [3.05, 3.63) is 41.4 Å². The van der Waals surface area contributed by atoms with Crippen molar-refractivity contribution < 1.29 is 8.42 Å². The number of nitrogens with one attached hydrogen (secondary N) is 1. The molecule has 0 fully saturated rings. The lowest BCUT2D eigenvalue weighted by atomic mass is 10.3. The number of sulfonamides is 1. The number of anilines is 2. The molecule has 0 radical (unpaired) electrons. The van der Waals surface area contributed by atoms with Gasteiger partial charge in [0.05, 0.1) is 23.0 Å². The lowest BCUT2D eigenvalue weighted by Crippen LogP contribution is -2.13. The van der Waals surface area contributed by atoms with Crippen LogP contribution >= 0.6 is 15.9 Å². The summed E-state index contributed by atoms with van der Waals surface area (Å²) in [6.07, 6.45) is 4.05. The summed E-state index contributed by atoms with van der Waals surface area (Å²) >= 11 is 3.20. The molecular weight excluding hydrogens is 320 g/mol. The monoisotopic (exact) mass is 328 g/mol. The predicted octanol–water partition coefficient (Wildman–Crippen LogP) is 1.62. The molecule has 0 spiro atoms. The van der Waals surface area contributed by atoms with Crippen molar-refractivity contribution in [2.45, 2.75) is 4.90 Å². The minimum atomic E-state index is -3.68. The number of halogens is 1. The molecule has 2 rings (SSSR count). The summed E-state index contributed by atoms with van der Waals surface area (Å²) in [5, 5.41) is 0. The zero-order valence-corrected chi connectivity index (χ0v) is 11.4. The Kier molecular flexibility index (Phi) is 3.48. The van der Waals surface area contributed by atoms with Crippen LogP contribution in [0.4, 0.5) is 11.4 Å². The normalized spacial score (nSPS) is 11.2. The fourth-order valence-corrected chi connectivity index (χ4v) is 2.56. The van der Waals surface area contributed by atoms with Crippen LogP contribution in [0.3, 0.4) is 0 Å². The fourth-order valence-electron chi connectivity index (χ4n) is 1.25. The van der Waals surface area contributed by atoms with Crippen molar-refractivity contribution in [1.82, 2.24) is 9.97 Å². The summed E-state index contributed by atoms with van der Waals surface area (Å²) in [6.45, 7) is 0. The van der Waals surface area contributed by atoms with Gasteiger partial charge < -0.3 is 5.73 Å². The van der Waals surface area contributed by atoms with E-state index in [0.717, 1.165) is 0 Å². The van der Waals surface area contributed by atoms with Gasteiger partial charge in [0.1, 0.15) is 6.33 Å². The van der Waals surface area contributed by atoms with Gasteiger partial charge in [-0.3, -0.25) is 4.72 Å². The molecule has 8 heteroatoms. The first-order valence-corrected chi connectivity index (χ1v) is 7.09. The average Bonchev–Trinajstić information content (AvgIpc) is 2.33. The Bertz CT molecular complexity index is 661. The van der Waals surface area contributed by atoms with Crippen LogP contribution < -0.4 is 10.5 Å². The zero-order chi connectivity index (χ0) is 13.2. The van der Waals surface area contributed by atoms with Gasteiger partial charge in [0.2, 0.25) is 0 Å². The van der Waals surface area contributed by atoms with Crippen LogP contribution in [0.5, 0.6) is 0 Å². The van der Waals surface area contributed by atoms with Crippen LogP contribution in [0.15, 0.2) is 46.3 Å². The van der Waals surface area contributed by atoms with Gasteiger partial charge in [0.25, 0.3) is 10.0 Å². The maximum Gasteiger partial charge on any atom is 0.262 e. The maximum atomic E-state index is 12.0. The molecular formula is C10H9BrN4O2S. The van der Waals surface area contributed by atoms with Crippen molar-refractivity contribution in [3.63, 3.8) is 0 Å². The largest absolute Gasteiger partial charge is 0.398 e. The van der Waals surface area contributed by atoms with Gasteiger partial charge in [-0.1, -0.05) is 0 Å². The molecule has 0 amide bonds. The van der Waals surface area contributed by atoms with E-state index in [1.807, 2.05) is 0 Å². The predicted molar refractivity (Wildman–Crippen MR) is 71.4 cm³/mol. The van der Waals surface area contributed by atoms with Gasteiger partial charge in [0, 0.05) is 10.2 Å². The molecule has 0 atom stereocenters. The number of hydrogen-bond donors (Lipinski definition) is 2. The first-order valence-electron chi connectivity index (χ1n) is 4.82. The Morgan fingerprint density at radius 1 is 1.22 bits per heavy atom. The van der Waals surface area contributed by atoms with E-state index in [9.17, 15) is 8.42 Å². The number of nitrogen functional groups attached to an aromatic ring is 1. The van der Waals surface area contributed by atoms with E-state index in [1.54, 1.807) is 6.07 Å². The summed E-state index contributed by atoms with van der Waals surface area (Å²) in [6, 6.07) is 4.40. The number of benzene rings is 1. The zero-order valence-electron chi connectivity index (χ0n) is 9.04. The van der Waals surface area contributed by atoms with Crippen LogP contribution in [0.2, 0.25) is 0 Å². The van der Waals surface area contributed by atoms with Crippen LogP contribution in [-0.2, 0) is 10.0 Å². The lowest BCUT2D eigenvalue weighted by molar-refractivity contribution is 0.601. The van der Waals surface area contributed by atoms with E-state index in [-0.39, 0.29) is 4.90 Å². The first-order chi connectivity index (χ1) is 8.49. The Balaban J connectivity index is 2.34. The third kappa shape index (κ3) is 2.77. The minimum Gasteiger partial charge on any atom is -0.398 e. The molecule has 2 aromatic rings. The number of aromatic nitrogens is 2. The molecule has 0 aliphatic carbocycles. The Morgan fingerprint density at radius 3 is 2.50 bits per heavy atom. The molecule has 0 aliphatic rings. The second-order valence-electron chi connectivity index (χ2n) is 3.42. The molecule has 6 nitrogen and oxygen atoms in total. The van der Waals surface area contributed by atoms with E-state index >= 15 is 0 Å². The highest BCUT2D eigenvalue weighted by Crippen LogP contribution is 2.23. The molecule has 94 valence electrons. The van der Waals surface area contributed by atoms with E-state index in [0.29, 0.717) is 15.8 Å². The highest BCUT2D eigenvalue weighted by atomic mass is 79.9. The van der Waals surface area contributed by atoms with Crippen LogP contribution in [0.1, 0.15) is 0 Å². The lowest BCUT2D eigenvalue weighted by Gasteiger charge is -2.08. The summed E-state index contributed by atoms with van der Waals surface area (Å²) in [5.74, 6) is 0. The Hall–Kier alpha value is -1.67. The third-order valence-electron chi connectivity index (χ3n) is 2.09. The minimum absolute atomic E-state index is 0.0760. The average molecular weight is 329 g/mol. The van der Waals surface area contributed by atoms with Gasteiger partial charge in [-0.2, -0.15) is 0 Å². The van der Waals surface area contributed by atoms with Crippen molar-refractivity contribution >= 4 is 37.3 Å². The number of nitrogens with zero attached hydrogens (tertiary/aromatic N) is 2. The van der Waals surface area contributed by atoms with Crippen LogP contribution in [0.25, 0.3) is 0 Å². The second-order valence-corrected chi connectivity index (χ2v) is 5.95. The molecule has 18 heavy (non-hydrogen) atoms. The molecule has 3 N–H and O–H groups in total. The SMILES string of the molecule is Nc1cc(S(=O)(=O)Nc2cncnc2)ccc1Br. The molecule has 1 aromatic carbocycles. The first kappa shape index (κ1) is 12.8. The van der Waals surface area contributed by atoms with Crippen molar-refractivity contribution in [3.8, 4) is 0 Å². The van der Waals surface area contributed by atoms with Crippen molar-refractivity contribution in [2.24, 2.45) is 0 Å². The van der Waals surface area contributed by atoms with Gasteiger partial charge >= 0.3 is 0 Å². The van der Waals surface area contributed by atoms with Gasteiger partial charge in [-0.05, 0) is 34.1 Å². The second kappa shape index (κ2) is 4.91. The van der Waals surface area contributed by atoms with Crippen molar-refractivity contribution in [2.75, 3.05) is 10.5 Å². The van der Waals surface area contributed by atoms with Crippen LogP contribution in [0, 0.1) is 0 Å². The van der Waals surface area contributed by atoms with Gasteiger partial charge in [-0.25, -0.2) is 18.4 Å². The Morgan fingerprint density at radius 2 is 1.89 bits per heavy atom. The number of nitrogens with two attached hydrogens (primary N) is 1. The standard InChI is InChI=1S/C10H9BrN4O2S/c11-9-2-1-8(3-10(9)12)18(16,17)15-7-4-13-6-14-5-7/h1-6,15H,12H2. The summed E-state index contributed by atoms with van der Waals surface area (Å²) in [5.41, 5.74) is 6.29. The summed E-state index contributed by atoms with van der Waals surface area (Å²) < 4.78 is 27.1. The van der Waals surface area contributed by atoms with E-state index in [1.165, 1.54) is 30.9 Å². The Labute approximate surface area is 112 Å². The fraction of sp³-hybridized carbons (Fsp3) is 0. The smallest absolute Gasteiger partial charge is 0.262 e. The van der Waals surface area contributed by atoms with E-state index < -0.39 is 10.0 Å². The van der Waals surface area contributed by atoms with Gasteiger partial charge in [0.15, 0.2) is 0 Å². The van der Waals surface area contributed by atoms with Crippen LogP contribution in [-0.4, -0.2) is 18.4 Å². The van der Waals surface area contributed by atoms with E-state index in [4.69, 9.17) is 5.73 Å². The number of hydrogen-bond acceptors (Lipinski definition) is 5. The molecule has 0 aliphatic heterocycles. The molecule has 0 unspecified atom stereocenters. The summed E-state index contributed by atoms with van der Waals surface area (Å²) in [4.78, 5) is 7.52. The molecule has 0 bridgehead atoms.